The first kappa shape index (κ1) is 21.7. The minimum absolute atomic E-state index is 0.0204. The number of aromatic nitrogens is 1. The van der Waals surface area contributed by atoms with E-state index in [1.54, 1.807) is 13.0 Å². The summed E-state index contributed by atoms with van der Waals surface area (Å²) < 4.78 is 39.1. The minimum atomic E-state index is -0.751. The number of hydrogen-bond donors (Lipinski definition) is 2. The Labute approximate surface area is 178 Å². The van der Waals surface area contributed by atoms with Crippen LogP contribution >= 0.6 is 15.9 Å². The highest BCUT2D eigenvalue weighted by Gasteiger charge is 2.18. The number of amides is 1. The van der Waals surface area contributed by atoms with Gasteiger partial charge in [-0.25, -0.2) is 13.3 Å². The number of aryl methyl sites for hydroxylation is 1. The van der Waals surface area contributed by atoms with E-state index in [1.165, 1.54) is 22.8 Å². The molecule has 1 aromatic carbocycles. The molecule has 0 aliphatic rings. The molecular weight excluding hydrogens is 466 g/mol. The predicted molar refractivity (Wildman–Crippen MR) is 107 cm³/mol. The van der Waals surface area contributed by atoms with Gasteiger partial charge in [0.2, 0.25) is 5.88 Å². The molecule has 10 heteroatoms. The van der Waals surface area contributed by atoms with E-state index in [0.29, 0.717) is 5.69 Å². The Morgan fingerprint density at radius 1 is 1.27 bits per heavy atom. The average molecular weight is 483 g/mol. The third-order valence-corrected chi connectivity index (χ3v) is 4.86. The van der Waals surface area contributed by atoms with Gasteiger partial charge in [0.15, 0.2) is 5.76 Å². The molecule has 158 valence electrons. The Kier molecular flexibility index (Phi) is 6.68. The number of carbonyl (C=O) groups is 1. The lowest BCUT2D eigenvalue weighted by Gasteiger charge is -2.13. The standard InChI is InChI=1S/C20H17BrF2N2O5/c1-11-8-16(29-10-12-2-3-13(22)9-14(12)23)18(21)20(28)25(11)17-5-4-15(30-17)19(27)24-6-7-26/h2-5,8-9,26H,6-7,10H2,1H3,(H,24,27). The fourth-order valence-corrected chi connectivity index (χ4v) is 3.09. The van der Waals surface area contributed by atoms with E-state index < -0.39 is 23.1 Å². The van der Waals surface area contributed by atoms with Gasteiger partial charge in [0, 0.05) is 36.0 Å². The Hall–Kier alpha value is -2.98. The number of ether oxygens (including phenoxy) is 1. The molecule has 3 aromatic rings. The number of nitrogens with one attached hydrogen (secondary N) is 1. The van der Waals surface area contributed by atoms with Crippen LogP contribution in [0.25, 0.3) is 5.88 Å². The van der Waals surface area contributed by atoms with Crippen molar-refractivity contribution in [1.29, 1.82) is 0 Å². The van der Waals surface area contributed by atoms with Crippen molar-refractivity contribution in [2.45, 2.75) is 13.5 Å². The molecule has 0 aliphatic heterocycles. The van der Waals surface area contributed by atoms with Crippen LogP contribution in [0.4, 0.5) is 8.78 Å². The van der Waals surface area contributed by atoms with E-state index in [2.05, 4.69) is 21.2 Å². The molecule has 1 amide bonds. The van der Waals surface area contributed by atoms with E-state index >= 15 is 0 Å². The van der Waals surface area contributed by atoms with Gasteiger partial charge in [-0.1, -0.05) is 0 Å². The van der Waals surface area contributed by atoms with Crippen LogP contribution in [0.1, 0.15) is 21.8 Å². The van der Waals surface area contributed by atoms with Crippen molar-refractivity contribution >= 4 is 21.8 Å². The highest BCUT2D eigenvalue weighted by molar-refractivity contribution is 9.10. The van der Waals surface area contributed by atoms with Crippen molar-refractivity contribution in [3.63, 3.8) is 0 Å². The van der Waals surface area contributed by atoms with Gasteiger partial charge in [-0.2, -0.15) is 0 Å². The highest BCUT2D eigenvalue weighted by Crippen LogP contribution is 2.26. The van der Waals surface area contributed by atoms with Crippen LogP contribution in [-0.2, 0) is 6.61 Å². The summed E-state index contributed by atoms with van der Waals surface area (Å²) >= 11 is 3.18. The highest BCUT2D eigenvalue weighted by atomic mass is 79.9. The molecule has 2 aromatic heterocycles. The summed E-state index contributed by atoms with van der Waals surface area (Å²) in [5.74, 6) is -1.71. The molecule has 0 aliphatic carbocycles. The van der Waals surface area contributed by atoms with Crippen molar-refractivity contribution in [2.75, 3.05) is 13.2 Å². The molecule has 0 unspecified atom stereocenters. The van der Waals surface area contributed by atoms with Gasteiger partial charge in [-0.3, -0.25) is 9.59 Å². The van der Waals surface area contributed by atoms with Gasteiger partial charge in [0.05, 0.1) is 6.61 Å². The second-order valence-corrected chi connectivity index (χ2v) is 7.04. The molecule has 2 N–H and O–H groups in total. The molecule has 0 atom stereocenters. The zero-order valence-electron chi connectivity index (χ0n) is 15.7. The number of rotatable bonds is 7. The monoisotopic (exact) mass is 482 g/mol. The Morgan fingerprint density at radius 3 is 2.73 bits per heavy atom. The predicted octanol–water partition coefficient (Wildman–Crippen LogP) is 3.08. The van der Waals surface area contributed by atoms with Crippen molar-refractivity contribution in [1.82, 2.24) is 9.88 Å². The summed E-state index contributed by atoms with van der Waals surface area (Å²) in [4.78, 5) is 24.7. The van der Waals surface area contributed by atoms with Gasteiger partial charge in [-0.15, -0.1) is 0 Å². The lowest BCUT2D eigenvalue weighted by atomic mass is 10.2. The summed E-state index contributed by atoms with van der Waals surface area (Å²) in [6, 6.07) is 7.54. The van der Waals surface area contributed by atoms with Gasteiger partial charge < -0.3 is 19.6 Å². The molecule has 0 saturated heterocycles. The summed E-state index contributed by atoms with van der Waals surface area (Å²) in [5.41, 5.74) is 0.0605. The van der Waals surface area contributed by atoms with Crippen molar-refractivity contribution in [2.24, 2.45) is 0 Å². The van der Waals surface area contributed by atoms with Gasteiger partial charge in [-0.05, 0) is 41.1 Å². The van der Waals surface area contributed by atoms with E-state index in [1.807, 2.05) is 0 Å². The molecular formula is C20H17BrF2N2O5. The maximum absolute atomic E-state index is 13.8. The quantitative estimate of drug-likeness (QED) is 0.539. The third-order valence-electron chi connectivity index (χ3n) is 4.13. The summed E-state index contributed by atoms with van der Waals surface area (Å²) in [6.45, 7) is 1.28. The first-order valence-electron chi connectivity index (χ1n) is 8.80. The Bertz CT molecular complexity index is 1140. The smallest absolute Gasteiger partial charge is 0.287 e. The summed E-state index contributed by atoms with van der Waals surface area (Å²) in [5, 5.41) is 11.2. The largest absolute Gasteiger partial charge is 0.487 e. The van der Waals surface area contributed by atoms with Crippen molar-refractivity contribution in [3.8, 4) is 11.6 Å². The summed E-state index contributed by atoms with van der Waals surface area (Å²) in [6.07, 6.45) is 0. The van der Waals surface area contributed by atoms with E-state index in [-0.39, 0.29) is 47.2 Å². The van der Waals surface area contributed by atoms with Gasteiger partial charge in [0.25, 0.3) is 11.5 Å². The van der Waals surface area contributed by atoms with Gasteiger partial charge in [0.1, 0.15) is 28.5 Å². The topological polar surface area (TPSA) is 93.7 Å². The molecule has 0 bridgehead atoms. The molecule has 0 radical (unpaired) electrons. The van der Waals surface area contributed by atoms with Crippen molar-refractivity contribution in [3.05, 3.63) is 79.9 Å². The number of hydrogen-bond acceptors (Lipinski definition) is 5. The third kappa shape index (κ3) is 4.60. The molecule has 0 spiro atoms. The molecule has 2 heterocycles. The second-order valence-electron chi connectivity index (χ2n) is 6.25. The molecule has 30 heavy (non-hydrogen) atoms. The maximum atomic E-state index is 13.8. The summed E-state index contributed by atoms with van der Waals surface area (Å²) in [7, 11) is 0. The number of aliphatic hydroxyl groups is 1. The Morgan fingerprint density at radius 2 is 2.03 bits per heavy atom. The molecule has 0 saturated carbocycles. The number of halogens is 3. The lowest BCUT2D eigenvalue weighted by molar-refractivity contribution is 0.0916. The van der Waals surface area contributed by atoms with Crippen LogP contribution in [0.15, 0.2) is 50.1 Å². The fraction of sp³-hybridized carbons (Fsp3) is 0.200. The number of nitrogens with zero attached hydrogens (tertiary/aromatic N) is 1. The van der Waals surface area contributed by atoms with Crippen molar-refractivity contribution < 1.29 is 27.8 Å². The van der Waals surface area contributed by atoms with Crippen LogP contribution < -0.4 is 15.6 Å². The van der Waals surface area contributed by atoms with Crippen LogP contribution in [0.5, 0.6) is 5.75 Å². The van der Waals surface area contributed by atoms with E-state index in [9.17, 15) is 18.4 Å². The number of carbonyl (C=O) groups excluding carboxylic acids is 1. The number of furan rings is 1. The number of pyridine rings is 1. The Balaban J connectivity index is 1.85. The molecule has 0 fully saturated rings. The van der Waals surface area contributed by atoms with Gasteiger partial charge >= 0.3 is 0 Å². The van der Waals surface area contributed by atoms with Crippen LogP contribution in [0.3, 0.4) is 0 Å². The fourth-order valence-electron chi connectivity index (χ4n) is 2.68. The maximum Gasteiger partial charge on any atom is 0.287 e. The average Bonchev–Trinajstić information content (AvgIpc) is 3.18. The minimum Gasteiger partial charge on any atom is -0.487 e. The first-order valence-corrected chi connectivity index (χ1v) is 9.59. The zero-order chi connectivity index (χ0) is 21.8. The molecule has 7 nitrogen and oxygen atoms in total. The number of aliphatic hydroxyl groups excluding tert-OH is 1. The normalized spacial score (nSPS) is 10.8. The molecule has 3 rings (SSSR count). The lowest BCUT2D eigenvalue weighted by Crippen LogP contribution is -2.26. The van der Waals surface area contributed by atoms with E-state index in [0.717, 1.165) is 12.1 Å². The van der Waals surface area contributed by atoms with Crippen LogP contribution in [0, 0.1) is 18.6 Å². The SMILES string of the molecule is Cc1cc(OCc2ccc(F)cc2F)c(Br)c(=O)n1-c1ccc(C(=O)NCCO)o1. The van der Waals surface area contributed by atoms with Crippen LogP contribution in [0.2, 0.25) is 0 Å². The second kappa shape index (κ2) is 9.23. The van der Waals surface area contributed by atoms with E-state index in [4.69, 9.17) is 14.3 Å². The van der Waals surface area contributed by atoms with Crippen LogP contribution in [-0.4, -0.2) is 28.7 Å². The first-order chi connectivity index (χ1) is 14.3. The zero-order valence-corrected chi connectivity index (χ0v) is 17.3. The number of benzene rings is 1.